The number of nitrogens with two attached hydrogens (primary N) is 1. The van der Waals surface area contributed by atoms with Crippen molar-refractivity contribution in [3.8, 4) is 22.6 Å². The summed E-state index contributed by atoms with van der Waals surface area (Å²) < 4.78 is 5.52. The molecule has 0 fully saturated rings. The molecule has 2 aromatic rings. The number of phenols is 1. The second-order valence-electron chi connectivity index (χ2n) is 10.4. The molecule has 39 heavy (non-hydrogen) atoms. The summed E-state index contributed by atoms with van der Waals surface area (Å²) in [6.45, 7) is 2.39. The monoisotopic (exact) mass is 534 g/mol. The smallest absolute Gasteiger partial charge is 0.255 e. The largest absolute Gasteiger partial charge is 0.510 e. The molecule has 0 heterocycles. The molecule has 204 valence electrons. The number of ketones is 2. The van der Waals surface area contributed by atoms with Crippen molar-refractivity contribution in [3.05, 3.63) is 70.2 Å². The molecule has 10 heteroatoms. The molecule has 6 N–H and O–H groups in total. The van der Waals surface area contributed by atoms with Crippen molar-refractivity contribution in [3.63, 3.8) is 0 Å². The van der Waals surface area contributed by atoms with Crippen LogP contribution in [0.15, 0.2) is 59.1 Å². The van der Waals surface area contributed by atoms with Gasteiger partial charge in [0.15, 0.2) is 11.4 Å². The summed E-state index contributed by atoms with van der Waals surface area (Å²) in [5, 5.41) is 44.7. The Kier molecular flexibility index (Phi) is 6.27. The number of primary amides is 1. The van der Waals surface area contributed by atoms with Gasteiger partial charge in [-0.05, 0) is 74.7 Å². The topological polar surface area (TPSA) is 171 Å². The zero-order valence-electron chi connectivity index (χ0n) is 21.8. The van der Waals surface area contributed by atoms with Crippen molar-refractivity contribution in [2.24, 2.45) is 17.6 Å². The van der Waals surface area contributed by atoms with Crippen molar-refractivity contribution in [2.75, 3.05) is 20.7 Å². The number of benzene rings is 2. The number of allylic oxidation sites excluding steroid dienone is 1. The van der Waals surface area contributed by atoms with Crippen LogP contribution in [0.2, 0.25) is 0 Å². The van der Waals surface area contributed by atoms with E-state index in [1.54, 1.807) is 32.3 Å². The van der Waals surface area contributed by atoms with E-state index < -0.39 is 58.0 Å². The lowest BCUT2D eigenvalue weighted by molar-refractivity contribution is -0.148. The van der Waals surface area contributed by atoms with Crippen molar-refractivity contribution >= 4 is 17.5 Å². The number of aromatic hydroxyl groups is 1. The highest BCUT2D eigenvalue weighted by molar-refractivity contribution is 6.24. The van der Waals surface area contributed by atoms with Crippen molar-refractivity contribution < 1.29 is 39.5 Å². The Hall–Kier alpha value is -4.15. The van der Waals surface area contributed by atoms with Gasteiger partial charge in [0, 0.05) is 11.5 Å². The lowest BCUT2D eigenvalue weighted by Crippen LogP contribution is -2.63. The van der Waals surface area contributed by atoms with E-state index in [2.05, 4.69) is 0 Å². The van der Waals surface area contributed by atoms with Gasteiger partial charge in [0.2, 0.25) is 5.78 Å². The molecule has 0 saturated carbocycles. The number of likely N-dealkylation sites (N-methyl/N-ethyl adjacent to an activating group) is 1. The van der Waals surface area contributed by atoms with Crippen LogP contribution in [0.4, 0.5) is 0 Å². The minimum Gasteiger partial charge on any atom is -0.510 e. The van der Waals surface area contributed by atoms with Gasteiger partial charge < -0.3 is 30.9 Å². The molecule has 0 radical (unpaired) electrons. The number of fused-ring (bicyclic) bond motifs is 3. The first-order valence-corrected chi connectivity index (χ1v) is 12.7. The number of amides is 1. The molecule has 0 bridgehead atoms. The summed E-state index contributed by atoms with van der Waals surface area (Å²) in [6, 6.07) is 9.38. The first kappa shape index (κ1) is 26.5. The molecular formula is C29H30N2O8. The summed E-state index contributed by atoms with van der Waals surface area (Å²) in [5.74, 6) is -6.04. The molecule has 0 aromatic heterocycles. The minimum atomic E-state index is -2.66. The van der Waals surface area contributed by atoms with Crippen molar-refractivity contribution in [1.29, 1.82) is 0 Å². The normalized spacial score (nSPS) is 26.3. The highest BCUT2D eigenvalue weighted by Crippen LogP contribution is 2.53. The van der Waals surface area contributed by atoms with Gasteiger partial charge in [-0.3, -0.25) is 19.3 Å². The zero-order valence-corrected chi connectivity index (χ0v) is 21.8. The number of aliphatic hydroxyl groups excluding tert-OH is 2. The first-order chi connectivity index (χ1) is 18.4. The number of phenolic OH excluding ortho intramolecular Hbond substituents is 1. The van der Waals surface area contributed by atoms with Crippen LogP contribution in [0.25, 0.3) is 11.1 Å². The van der Waals surface area contributed by atoms with Crippen molar-refractivity contribution in [1.82, 2.24) is 4.90 Å². The average molecular weight is 535 g/mol. The molecule has 0 aliphatic heterocycles. The second-order valence-corrected chi connectivity index (χ2v) is 10.4. The molecule has 0 spiro atoms. The molecule has 10 nitrogen and oxygen atoms in total. The molecular weight excluding hydrogens is 504 g/mol. The minimum absolute atomic E-state index is 0.0258. The standard InChI is InChI=1S/C29H30N2O8/c1-4-39-15-7-5-13(6-8-15)16-9-10-19(32)21-17(16)11-14-12-18-23(31(2)3)25(34)22(28(30)37)27(36)29(18,38)26(35)20(14)24(21)33/h5-10,14,18,23,32,34-35,38H,4,11-12H2,1-3H3,(H2,30,37)/t14-,18-,23+,29-/m1/s1. The number of hydrogen-bond donors (Lipinski definition) is 5. The van der Waals surface area contributed by atoms with E-state index in [0.29, 0.717) is 23.5 Å². The Morgan fingerprint density at radius 2 is 1.77 bits per heavy atom. The van der Waals surface area contributed by atoms with E-state index in [0.717, 1.165) is 5.56 Å². The molecule has 0 unspecified atom stereocenters. The number of Topliss-reactive ketones (excluding diaryl/α,β-unsaturated/α-hetero) is 2. The van der Waals surface area contributed by atoms with Gasteiger partial charge in [0.25, 0.3) is 5.91 Å². The van der Waals surface area contributed by atoms with Crippen LogP contribution in [0, 0.1) is 11.8 Å². The van der Waals surface area contributed by atoms with Gasteiger partial charge in [0.1, 0.15) is 28.6 Å². The maximum absolute atomic E-state index is 13.8. The van der Waals surface area contributed by atoms with Gasteiger partial charge in [-0.25, -0.2) is 0 Å². The van der Waals surface area contributed by atoms with Gasteiger partial charge in [-0.15, -0.1) is 0 Å². The molecule has 2 aromatic carbocycles. The third-order valence-corrected chi connectivity index (χ3v) is 8.08. The highest BCUT2D eigenvalue weighted by Gasteiger charge is 2.63. The number of hydrogen-bond acceptors (Lipinski definition) is 9. The summed E-state index contributed by atoms with van der Waals surface area (Å²) >= 11 is 0. The number of nitrogens with zero attached hydrogens (tertiary/aromatic N) is 1. The number of carbonyl (C=O) groups excluding carboxylic acids is 3. The SMILES string of the molecule is CCOc1ccc(-c2ccc(O)c3c2C[C@@H]2C[C@@H]4[C@H](N(C)C)C(O)=C(C(N)=O)C(=O)[C@]4(O)C(O)=C2C3=O)cc1. The molecule has 3 aliphatic rings. The number of rotatable bonds is 5. The Labute approximate surface area is 224 Å². The summed E-state index contributed by atoms with van der Waals surface area (Å²) in [7, 11) is 3.19. The quantitative estimate of drug-likeness (QED) is 0.361. The Bertz CT molecular complexity index is 1470. The summed E-state index contributed by atoms with van der Waals surface area (Å²) in [5.41, 5.74) is 3.73. The predicted octanol–water partition coefficient (Wildman–Crippen LogP) is 2.19. The van der Waals surface area contributed by atoms with Gasteiger partial charge in [-0.1, -0.05) is 18.2 Å². The van der Waals surface area contributed by atoms with E-state index in [1.807, 2.05) is 19.1 Å². The Balaban J connectivity index is 1.68. The van der Waals surface area contributed by atoms with Crippen LogP contribution in [0.3, 0.4) is 0 Å². The Morgan fingerprint density at radius 1 is 1.10 bits per heavy atom. The molecule has 3 aliphatic carbocycles. The highest BCUT2D eigenvalue weighted by atomic mass is 16.5. The molecule has 0 saturated heterocycles. The van der Waals surface area contributed by atoms with Crippen LogP contribution >= 0.6 is 0 Å². The van der Waals surface area contributed by atoms with Gasteiger partial charge in [-0.2, -0.15) is 0 Å². The number of aliphatic hydroxyl groups is 3. The van der Waals surface area contributed by atoms with E-state index in [9.17, 15) is 34.8 Å². The fraction of sp³-hybridized carbons (Fsp3) is 0.345. The zero-order chi connectivity index (χ0) is 28.4. The fourth-order valence-corrected chi connectivity index (χ4v) is 6.42. The van der Waals surface area contributed by atoms with Crippen LogP contribution in [-0.2, 0) is 16.0 Å². The maximum Gasteiger partial charge on any atom is 0.255 e. The summed E-state index contributed by atoms with van der Waals surface area (Å²) in [6.07, 6.45) is 0.246. The Morgan fingerprint density at radius 3 is 2.36 bits per heavy atom. The lowest BCUT2D eigenvalue weighted by atomic mass is 9.58. The number of ether oxygens (including phenoxy) is 1. The maximum atomic E-state index is 13.8. The van der Waals surface area contributed by atoms with E-state index in [1.165, 1.54) is 11.0 Å². The molecule has 5 rings (SSSR count). The third kappa shape index (κ3) is 3.74. The predicted molar refractivity (Wildman–Crippen MR) is 140 cm³/mol. The average Bonchev–Trinajstić information content (AvgIpc) is 2.87. The van der Waals surface area contributed by atoms with E-state index in [-0.39, 0.29) is 29.7 Å². The second kappa shape index (κ2) is 9.25. The first-order valence-electron chi connectivity index (χ1n) is 12.7. The van der Waals surface area contributed by atoms with Crippen LogP contribution in [-0.4, -0.2) is 75.1 Å². The third-order valence-electron chi connectivity index (χ3n) is 8.08. The lowest BCUT2D eigenvalue weighted by Gasteiger charge is -2.50. The van der Waals surface area contributed by atoms with Crippen LogP contribution in [0.5, 0.6) is 11.5 Å². The summed E-state index contributed by atoms with van der Waals surface area (Å²) in [4.78, 5) is 40.8. The van der Waals surface area contributed by atoms with Gasteiger partial charge >= 0.3 is 0 Å². The van der Waals surface area contributed by atoms with Gasteiger partial charge in [0.05, 0.1) is 18.2 Å². The van der Waals surface area contributed by atoms with E-state index in [4.69, 9.17) is 10.5 Å². The van der Waals surface area contributed by atoms with Crippen molar-refractivity contribution in [2.45, 2.75) is 31.4 Å². The fourth-order valence-electron chi connectivity index (χ4n) is 6.42. The van der Waals surface area contributed by atoms with E-state index >= 15 is 0 Å². The molecule has 4 atom stereocenters. The van der Waals surface area contributed by atoms with Crippen LogP contribution < -0.4 is 10.5 Å². The number of carbonyl (C=O) groups is 3. The van der Waals surface area contributed by atoms with Crippen LogP contribution in [0.1, 0.15) is 29.3 Å². The molecule has 1 amide bonds.